The van der Waals surface area contributed by atoms with Crippen molar-refractivity contribution >= 4 is 17.8 Å². The molecule has 0 bridgehead atoms. The molecule has 1 rings (SSSR count). The summed E-state index contributed by atoms with van der Waals surface area (Å²) in [6.07, 6.45) is 2.98. The van der Waals surface area contributed by atoms with E-state index in [0.717, 1.165) is 0 Å². The van der Waals surface area contributed by atoms with E-state index in [0.29, 0.717) is 5.56 Å². The summed E-state index contributed by atoms with van der Waals surface area (Å²) in [4.78, 5) is 37.8. The molecule has 0 fully saturated rings. The smallest absolute Gasteiger partial charge is 0.305 e. The Morgan fingerprint density at radius 3 is 2.74 bits per heavy atom. The molecule has 1 atom stereocenters. The minimum atomic E-state index is -0.924. The van der Waals surface area contributed by atoms with Crippen molar-refractivity contribution in [3.05, 3.63) is 30.1 Å². The highest BCUT2D eigenvalue weighted by Gasteiger charge is 2.20. The third-order valence-corrected chi connectivity index (χ3v) is 2.44. The molecule has 0 aliphatic carbocycles. The summed E-state index contributed by atoms with van der Waals surface area (Å²) >= 11 is 0. The number of nitrogens with zero attached hydrogens (tertiary/aromatic N) is 1. The number of primary amides is 1. The van der Waals surface area contributed by atoms with Crippen molar-refractivity contribution in [3.63, 3.8) is 0 Å². The van der Waals surface area contributed by atoms with Crippen molar-refractivity contribution in [3.8, 4) is 0 Å². The Morgan fingerprint density at radius 2 is 2.21 bits per heavy atom. The predicted octanol–water partition coefficient (Wildman–Crippen LogP) is -0.381. The number of hydrogen-bond donors (Lipinski definition) is 2. The summed E-state index contributed by atoms with van der Waals surface area (Å²) in [6, 6.07) is 2.23. The molecule has 7 nitrogen and oxygen atoms in total. The van der Waals surface area contributed by atoms with Crippen LogP contribution in [0, 0.1) is 0 Å². The maximum Gasteiger partial charge on any atom is 0.305 e. The molecule has 0 aromatic carbocycles. The average molecular weight is 265 g/mol. The van der Waals surface area contributed by atoms with E-state index in [1.54, 1.807) is 12.1 Å². The fourth-order valence-electron chi connectivity index (χ4n) is 1.39. The van der Waals surface area contributed by atoms with Crippen LogP contribution in [0.2, 0.25) is 0 Å². The molecule has 0 spiro atoms. The first-order chi connectivity index (χ1) is 9.04. The van der Waals surface area contributed by atoms with Gasteiger partial charge >= 0.3 is 5.97 Å². The summed E-state index contributed by atoms with van der Waals surface area (Å²) in [7, 11) is 1.25. The van der Waals surface area contributed by atoms with E-state index in [1.165, 1.54) is 19.5 Å². The van der Waals surface area contributed by atoms with Crippen LogP contribution < -0.4 is 11.1 Å². The Hall–Kier alpha value is -2.44. The summed E-state index contributed by atoms with van der Waals surface area (Å²) in [5, 5.41) is 2.45. The van der Waals surface area contributed by atoms with Gasteiger partial charge in [-0.2, -0.15) is 0 Å². The molecule has 7 heteroatoms. The molecular formula is C12H15N3O4. The molecule has 102 valence electrons. The fourth-order valence-corrected chi connectivity index (χ4v) is 1.39. The third-order valence-electron chi connectivity index (χ3n) is 2.44. The number of methoxy groups -OCH3 is 1. The van der Waals surface area contributed by atoms with E-state index in [9.17, 15) is 14.4 Å². The molecule has 0 unspecified atom stereocenters. The average Bonchev–Trinajstić information content (AvgIpc) is 2.43. The van der Waals surface area contributed by atoms with Gasteiger partial charge < -0.3 is 15.8 Å². The maximum atomic E-state index is 11.8. The largest absolute Gasteiger partial charge is 0.469 e. The zero-order valence-corrected chi connectivity index (χ0v) is 10.5. The first-order valence-electron chi connectivity index (χ1n) is 5.61. The lowest BCUT2D eigenvalue weighted by atomic mass is 10.1. The van der Waals surface area contributed by atoms with Crippen LogP contribution in [-0.4, -0.2) is 35.9 Å². The minimum absolute atomic E-state index is 0.00255. The Morgan fingerprint density at radius 1 is 1.47 bits per heavy atom. The summed E-state index contributed by atoms with van der Waals surface area (Å²) in [5.41, 5.74) is 5.48. The standard InChI is InChI=1S/C12H15N3O4/c1-19-10(16)5-4-9(11(13)17)15-12(18)8-3-2-6-14-7-8/h2-3,6-7,9H,4-5H2,1H3,(H2,13,17)(H,15,18)/t9-/m1/s1. The minimum Gasteiger partial charge on any atom is -0.469 e. The maximum absolute atomic E-state index is 11.8. The Labute approximate surface area is 110 Å². The number of nitrogens with one attached hydrogen (secondary N) is 1. The SMILES string of the molecule is COC(=O)CC[C@@H](NC(=O)c1cccnc1)C(N)=O. The number of amides is 2. The van der Waals surface area contributed by atoms with E-state index in [2.05, 4.69) is 15.0 Å². The first-order valence-corrected chi connectivity index (χ1v) is 5.61. The van der Waals surface area contributed by atoms with Gasteiger partial charge in [-0.1, -0.05) is 0 Å². The zero-order chi connectivity index (χ0) is 14.3. The van der Waals surface area contributed by atoms with E-state index in [-0.39, 0.29) is 12.8 Å². The summed E-state index contributed by atoms with van der Waals surface area (Å²) in [5.74, 6) is -1.65. The second-order valence-electron chi connectivity index (χ2n) is 3.78. The van der Waals surface area contributed by atoms with Crippen molar-refractivity contribution in [2.24, 2.45) is 5.73 Å². The molecule has 2 amide bonds. The van der Waals surface area contributed by atoms with Crippen molar-refractivity contribution < 1.29 is 19.1 Å². The number of rotatable bonds is 6. The van der Waals surface area contributed by atoms with Crippen LogP contribution in [0.15, 0.2) is 24.5 Å². The van der Waals surface area contributed by atoms with Gasteiger partial charge in [0, 0.05) is 18.8 Å². The normalized spacial score (nSPS) is 11.4. The van der Waals surface area contributed by atoms with Gasteiger partial charge in [0.1, 0.15) is 6.04 Å². The van der Waals surface area contributed by atoms with Gasteiger partial charge in [-0.25, -0.2) is 0 Å². The summed E-state index contributed by atoms with van der Waals surface area (Å²) < 4.78 is 4.46. The van der Waals surface area contributed by atoms with Gasteiger partial charge in [0.2, 0.25) is 5.91 Å². The highest BCUT2D eigenvalue weighted by Crippen LogP contribution is 2.02. The second kappa shape index (κ2) is 7.10. The molecule has 0 saturated carbocycles. The van der Waals surface area contributed by atoms with Crippen LogP contribution >= 0.6 is 0 Å². The number of carbonyl (C=O) groups excluding carboxylic acids is 3. The monoisotopic (exact) mass is 265 g/mol. The van der Waals surface area contributed by atoms with Crippen molar-refractivity contribution in [1.82, 2.24) is 10.3 Å². The predicted molar refractivity (Wildman–Crippen MR) is 65.9 cm³/mol. The van der Waals surface area contributed by atoms with Gasteiger partial charge in [-0.3, -0.25) is 19.4 Å². The molecule has 0 radical (unpaired) electrons. The first kappa shape index (κ1) is 14.6. The lowest BCUT2D eigenvalue weighted by Gasteiger charge is -2.14. The molecule has 1 aromatic rings. The molecule has 0 aliphatic rings. The van der Waals surface area contributed by atoms with Crippen molar-refractivity contribution in [2.75, 3.05) is 7.11 Å². The van der Waals surface area contributed by atoms with E-state index >= 15 is 0 Å². The zero-order valence-electron chi connectivity index (χ0n) is 10.5. The number of nitrogens with two attached hydrogens (primary N) is 1. The molecule has 1 heterocycles. The second-order valence-corrected chi connectivity index (χ2v) is 3.78. The quantitative estimate of drug-likeness (QED) is 0.681. The third kappa shape index (κ3) is 4.74. The van der Waals surface area contributed by atoms with Crippen LogP contribution in [0.1, 0.15) is 23.2 Å². The van der Waals surface area contributed by atoms with Gasteiger partial charge in [-0.15, -0.1) is 0 Å². The highest BCUT2D eigenvalue weighted by atomic mass is 16.5. The Balaban J connectivity index is 2.61. The van der Waals surface area contributed by atoms with E-state index in [4.69, 9.17) is 5.73 Å². The molecule has 3 N–H and O–H groups in total. The van der Waals surface area contributed by atoms with Gasteiger partial charge in [0.05, 0.1) is 12.7 Å². The topological polar surface area (TPSA) is 111 Å². The molecule has 19 heavy (non-hydrogen) atoms. The van der Waals surface area contributed by atoms with Crippen LogP contribution in [0.3, 0.4) is 0 Å². The Kier molecular flexibility index (Phi) is 5.46. The van der Waals surface area contributed by atoms with Crippen LogP contribution in [0.25, 0.3) is 0 Å². The number of esters is 1. The number of pyridine rings is 1. The number of aromatic nitrogens is 1. The van der Waals surface area contributed by atoms with Gasteiger partial charge in [-0.05, 0) is 18.6 Å². The number of ether oxygens (including phenoxy) is 1. The fraction of sp³-hybridized carbons (Fsp3) is 0.333. The molecule has 0 saturated heterocycles. The summed E-state index contributed by atoms with van der Waals surface area (Å²) in [6.45, 7) is 0. The van der Waals surface area contributed by atoms with Crippen LogP contribution in [-0.2, 0) is 14.3 Å². The van der Waals surface area contributed by atoms with Gasteiger partial charge in [0.15, 0.2) is 0 Å². The van der Waals surface area contributed by atoms with Crippen molar-refractivity contribution in [2.45, 2.75) is 18.9 Å². The lowest BCUT2D eigenvalue weighted by molar-refractivity contribution is -0.140. The van der Waals surface area contributed by atoms with E-state index in [1.807, 2.05) is 0 Å². The molecule has 1 aromatic heterocycles. The van der Waals surface area contributed by atoms with Crippen molar-refractivity contribution in [1.29, 1.82) is 0 Å². The molecule has 0 aliphatic heterocycles. The van der Waals surface area contributed by atoms with Gasteiger partial charge in [0.25, 0.3) is 5.91 Å². The highest BCUT2D eigenvalue weighted by molar-refractivity contribution is 5.97. The number of hydrogen-bond acceptors (Lipinski definition) is 5. The van der Waals surface area contributed by atoms with Crippen LogP contribution in [0.5, 0.6) is 0 Å². The Bertz CT molecular complexity index is 461. The van der Waals surface area contributed by atoms with E-state index < -0.39 is 23.8 Å². The number of carbonyl (C=O) groups is 3. The van der Waals surface area contributed by atoms with Crippen LogP contribution in [0.4, 0.5) is 0 Å². The molecular weight excluding hydrogens is 250 g/mol. The lowest BCUT2D eigenvalue weighted by Crippen LogP contribution is -2.44.